The van der Waals surface area contributed by atoms with Gasteiger partial charge in [-0.1, -0.05) is 34.3 Å². The van der Waals surface area contributed by atoms with E-state index < -0.39 is 18.0 Å². The zero-order valence-electron chi connectivity index (χ0n) is 22.2. The topological polar surface area (TPSA) is 76.0 Å². The number of carbonyl (C=O) groups is 1. The van der Waals surface area contributed by atoms with Gasteiger partial charge in [0.2, 0.25) is 0 Å². The maximum atomic E-state index is 12.3. The molecule has 35 heavy (non-hydrogen) atoms. The van der Waals surface area contributed by atoms with Gasteiger partial charge in [0, 0.05) is 22.8 Å². The van der Waals surface area contributed by atoms with E-state index in [2.05, 4.69) is 34.3 Å². The molecule has 3 heterocycles. The smallest absolute Gasteiger partial charge is 0.334 e. The average Bonchev–Trinajstić information content (AvgIpc) is 3.15. The van der Waals surface area contributed by atoms with E-state index in [1.165, 1.54) is 12.8 Å². The average molecular weight is 485 g/mol. The summed E-state index contributed by atoms with van der Waals surface area (Å²) in [6, 6.07) is 0. The first-order valence-corrected chi connectivity index (χ1v) is 13.9. The number of esters is 1. The lowest BCUT2D eigenvalue weighted by atomic mass is 9.34. The predicted octanol–water partition coefficient (Wildman–Crippen LogP) is 5.16. The molecule has 4 aliphatic carbocycles. The van der Waals surface area contributed by atoms with Crippen LogP contribution in [-0.4, -0.2) is 40.8 Å². The third kappa shape index (κ3) is 2.79. The van der Waals surface area contributed by atoms with Gasteiger partial charge in [0.1, 0.15) is 6.10 Å². The second-order valence-corrected chi connectivity index (χ2v) is 14.1. The SMILES string of the molecule is C=C([C@@H]1CC[C@]2(C)[C@@H]1CC[C@@H]1[C@]34CC[C@@](O)(OC3)C(C)(C)[C@@H]4CC[C@]12C)[C@@H]1OC(=O)C(C)=C[C@H]1O. The minimum atomic E-state index is -0.977. The molecule has 10 atom stereocenters. The fraction of sp³-hybridized carbons (Fsp3) is 0.833. The largest absolute Gasteiger partial charge is 0.451 e. The van der Waals surface area contributed by atoms with Gasteiger partial charge in [0.15, 0.2) is 11.9 Å². The molecule has 2 N–H and O–H groups in total. The Morgan fingerprint density at radius 3 is 2.40 bits per heavy atom. The van der Waals surface area contributed by atoms with E-state index in [0.29, 0.717) is 29.9 Å². The second kappa shape index (κ2) is 7.23. The lowest BCUT2D eigenvalue weighted by molar-refractivity contribution is -0.398. The summed E-state index contributed by atoms with van der Waals surface area (Å²) in [6.45, 7) is 16.4. The van der Waals surface area contributed by atoms with Crippen molar-refractivity contribution < 1.29 is 24.5 Å². The first kappa shape index (κ1) is 24.2. The molecule has 0 unspecified atom stereocenters. The summed E-state index contributed by atoms with van der Waals surface area (Å²) in [5.74, 6) is 0.528. The van der Waals surface area contributed by atoms with Crippen LogP contribution in [0.25, 0.3) is 0 Å². The number of hydrogen-bond acceptors (Lipinski definition) is 5. The van der Waals surface area contributed by atoms with E-state index in [4.69, 9.17) is 9.47 Å². The van der Waals surface area contributed by atoms with E-state index in [1.807, 2.05) is 0 Å². The number of cyclic esters (lactones) is 1. The molecule has 194 valence electrons. The molecule has 5 nitrogen and oxygen atoms in total. The van der Waals surface area contributed by atoms with Crippen molar-refractivity contribution in [1.29, 1.82) is 0 Å². The fourth-order valence-corrected chi connectivity index (χ4v) is 10.8. The Bertz CT molecular complexity index is 987. The number of carbonyl (C=O) groups excluding carboxylic acids is 1. The molecule has 3 aliphatic heterocycles. The summed E-state index contributed by atoms with van der Waals surface area (Å²) in [4.78, 5) is 12.3. The van der Waals surface area contributed by atoms with Gasteiger partial charge in [0.05, 0.1) is 6.61 Å². The zero-order valence-corrected chi connectivity index (χ0v) is 22.2. The van der Waals surface area contributed by atoms with Crippen molar-refractivity contribution in [2.24, 2.45) is 45.3 Å². The molecule has 7 rings (SSSR count). The lowest BCUT2D eigenvalue weighted by Crippen LogP contribution is -2.73. The van der Waals surface area contributed by atoms with E-state index in [0.717, 1.165) is 44.1 Å². The molecule has 0 aromatic heterocycles. The molecule has 0 aromatic carbocycles. The minimum Gasteiger partial charge on any atom is -0.451 e. The van der Waals surface area contributed by atoms with Crippen molar-refractivity contribution in [3.63, 3.8) is 0 Å². The van der Waals surface area contributed by atoms with Crippen LogP contribution in [0.15, 0.2) is 23.8 Å². The highest BCUT2D eigenvalue weighted by molar-refractivity contribution is 5.89. The first-order chi connectivity index (χ1) is 16.3. The maximum Gasteiger partial charge on any atom is 0.334 e. The highest BCUT2D eigenvalue weighted by atomic mass is 16.6. The Kier molecular flexibility index (Phi) is 5.00. The standard InChI is InChI=1S/C30H44O5/c1-17-15-21(31)24(35-25(17)32)18(2)19-9-11-27(5)20(19)7-8-23-28(27,6)12-10-22-26(3,4)30(33)14-13-29(22,23)16-34-30/h15,19-24,31,33H,2,7-14,16H2,1,3-6H3/t19-,20+,21+,22-,23-,24-,27+,28+,29+,30+/m0/s1. The van der Waals surface area contributed by atoms with Crippen LogP contribution in [-0.2, 0) is 14.3 Å². The highest BCUT2D eigenvalue weighted by Gasteiger charge is 2.74. The normalized spacial score (nSPS) is 54.3. The Morgan fingerprint density at radius 1 is 1.00 bits per heavy atom. The molecular weight excluding hydrogens is 440 g/mol. The molecule has 4 saturated carbocycles. The molecule has 0 radical (unpaired) electrons. The summed E-state index contributed by atoms with van der Waals surface area (Å²) in [5, 5.41) is 22.0. The van der Waals surface area contributed by atoms with Gasteiger partial charge < -0.3 is 19.7 Å². The van der Waals surface area contributed by atoms with Gasteiger partial charge in [0.25, 0.3) is 0 Å². The second-order valence-electron chi connectivity index (χ2n) is 14.1. The summed E-state index contributed by atoms with van der Waals surface area (Å²) < 4.78 is 12.0. The third-order valence-corrected chi connectivity index (χ3v) is 13.0. The fourth-order valence-electron chi connectivity index (χ4n) is 10.8. The summed E-state index contributed by atoms with van der Waals surface area (Å²) >= 11 is 0. The summed E-state index contributed by atoms with van der Waals surface area (Å²) in [6.07, 6.45) is 8.87. The van der Waals surface area contributed by atoms with E-state index >= 15 is 0 Å². The van der Waals surface area contributed by atoms with Crippen molar-refractivity contribution in [1.82, 2.24) is 0 Å². The highest BCUT2D eigenvalue weighted by Crippen LogP contribution is 2.77. The molecule has 2 bridgehead atoms. The molecule has 7 aliphatic rings. The quantitative estimate of drug-likeness (QED) is 0.418. The number of ether oxygens (including phenoxy) is 2. The Morgan fingerprint density at radius 2 is 1.71 bits per heavy atom. The summed E-state index contributed by atoms with van der Waals surface area (Å²) in [7, 11) is 0. The van der Waals surface area contributed by atoms with Crippen LogP contribution in [0.2, 0.25) is 0 Å². The van der Waals surface area contributed by atoms with Crippen LogP contribution in [0.4, 0.5) is 0 Å². The Balaban J connectivity index is 1.31. The van der Waals surface area contributed by atoms with Crippen LogP contribution < -0.4 is 0 Å². The van der Waals surface area contributed by atoms with Gasteiger partial charge in [-0.05, 0) is 98.0 Å². The minimum absolute atomic E-state index is 0.154. The van der Waals surface area contributed by atoms with Crippen LogP contribution in [0.3, 0.4) is 0 Å². The Hall–Kier alpha value is -1.17. The maximum absolute atomic E-state index is 12.3. The van der Waals surface area contributed by atoms with Crippen molar-refractivity contribution in [2.75, 3.05) is 6.61 Å². The molecule has 0 amide bonds. The number of aliphatic hydroxyl groups excluding tert-OH is 1. The number of aliphatic hydroxyl groups is 2. The lowest BCUT2D eigenvalue weighted by Gasteiger charge is -2.74. The molecule has 1 spiro atoms. The van der Waals surface area contributed by atoms with E-state index in [9.17, 15) is 15.0 Å². The van der Waals surface area contributed by atoms with Crippen LogP contribution in [0.1, 0.15) is 86.0 Å². The number of rotatable bonds is 2. The zero-order chi connectivity index (χ0) is 25.2. The van der Waals surface area contributed by atoms with Gasteiger partial charge in [-0.15, -0.1) is 0 Å². The van der Waals surface area contributed by atoms with Gasteiger partial charge in [-0.3, -0.25) is 0 Å². The van der Waals surface area contributed by atoms with Crippen LogP contribution >= 0.6 is 0 Å². The summed E-state index contributed by atoms with van der Waals surface area (Å²) in [5.41, 5.74) is 1.68. The van der Waals surface area contributed by atoms with Crippen molar-refractivity contribution in [2.45, 2.75) is 104 Å². The first-order valence-electron chi connectivity index (χ1n) is 13.9. The molecular formula is C30H44O5. The van der Waals surface area contributed by atoms with Gasteiger partial charge in [-0.25, -0.2) is 4.79 Å². The van der Waals surface area contributed by atoms with Crippen molar-refractivity contribution >= 4 is 5.97 Å². The number of fused-ring (bicyclic) bond motifs is 5. The van der Waals surface area contributed by atoms with Gasteiger partial charge >= 0.3 is 5.97 Å². The number of hydrogen-bond donors (Lipinski definition) is 2. The molecule has 2 saturated heterocycles. The molecule has 6 fully saturated rings. The van der Waals surface area contributed by atoms with E-state index in [1.54, 1.807) is 13.0 Å². The molecule has 5 heteroatoms. The third-order valence-electron chi connectivity index (χ3n) is 13.0. The van der Waals surface area contributed by atoms with E-state index in [-0.39, 0.29) is 33.5 Å². The van der Waals surface area contributed by atoms with Crippen LogP contribution in [0.5, 0.6) is 0 Å². The predicted molar refractivity (Wildman–Crippen MR) is 133 cm³/mol. The van der Waals surface area contributed by atoms with Gasteiger partial charge in [-0.2, -0.15) is 0 Å². The monoisotopic (exact) mass is 484 g/mol. The van der Waals surface area contributed by atoms with Crippen molar-refractivity contribution in [3.05, 3.63) is 23.8 Å². The molecule has 0 aromatic rings. The van der Waals surface area contributed by atoms with Crippen LogP contribution in [0, 0.1) is 45.3 Å². The van der Waals surface area contributed by atoms with Crippen molar-refractivity contribution in [3.8, 4) is 0 Å². The Labute approximate surface area is 210 Å².